The van der Waals surface area contributed by atoms with Gasteiger partial charge in [0, 0.05) is 25.8 Å². The summed E-state index contributed by atoms with van der Waals surface area (Å²) < 4.78 is 10.2. The fourth-order valence-corrected chi connectivity index (χ4v) is 2.37. The quantitative estimate of drug-likeness (QED) is 0.808. The van der Waals surface area contributed by atoms with E-state index in [1.807, 2.05) is 0 Å². The molecular formula is C15H22ClN3O4. The van der Waals surface area contributed by atoms with Gasteiger partial charge in [-0.25, -0.2) is 0 Å². The Hall–Kier alpha value is -1.83. The van der Waals surface area contributed by atoms with Crippen LogP contribution < -0.4 is 20.7 Å². The molecule has 3 N–H and O–H groups in total. The summed E-state index contributed by atoms with van der Waals surface area (Å²) in [5.74, 6) is 0.304. The third-order valence-corrected chi connectivity index (χ3v) is 3.49. The summed E-state index contributed by atoms with van der Waals surface area (Å²) in [6, 6.07) is 4.40. The lowest BCUT2D eigenvalue weighted by atomic mass is 10.2. The Morgan fingerprint density at radius 2 is 2.17 bits per heavy atom. The van der Waals surface area contributed by atoms with Gasteiger partial charge in [-0.1, -0.05) is 0 Å². The van der Waals surface area contributed by atoms with Crippen molar-refractivity contribution in [1.29, 1.82) is 0 Å². The summed E-state index contributed by atoms with van der Waals surface area (Å²) in [6.45, 7) is 0.787. The van der Waals surface area contributed by atoms with Gasteiger partial charge < -0.3 is 25.4 Å². The largest absolute Gasteiger partial charge is 0.495 e. The van der Waals surface area contributed by atoms with Crippen LogP contribution in [0.25, 0.3) is 0 Å². The van der Waals surface area contributed by atoms with Gasteiger partial charge in [-0.05, 0) is 24.6 Å². The minimum Gasteiger partial charge on any atom is -0.495 e. The van der Waals surface area contributed by atoms with E-state index >= 15 is 0 Å². The van der Waals surface area contributed by atoms with E-state index in [4.69, 9.17) is 15.2 Å². The van der Waals surface area contributed by atoms with Gasteiger partial charge in [0.2, 0.25) is 11.8 Å². The zero-order valence-electron chi connectivity index (χ0n) is 13.2. The molecule has 1 aromatic carbocycles. The molecular weight excluding hydrogens is 322 g/mol. The number of carbonyl (C=O) groups excluding carboxylic acids is 2. The third-order valence-electron chi connectivity index (χ3n) is 3.49. The van der Waals surface area contributed by atoms with Crippen LogP contribution in [0.5, 0.6) is 5.75 Å². The van der Waals surface area contributed by atoms with Crippen molar-refractivity contribution in [2.75, 3.05) is 37.6 Å². The van der Waals surface area contributed by atoms with Crippen LogP contribution in [0.1, 0.15) is 12.8 Å². The number of amides is 2. The number of anilines is 2. The number of carbonyl (C=O) groups is 2. The molecule has 1 heterocycles. The average Bonchev–Trinajstić information content (AvgIpc) is 2.93. The SMILES string of the molecule is COCC(N)C(=O)Nc1ccc(OC)c(N2CCCC2=O)c1.Cl. The first-order valence-electron chi connectivity index (χ1n) is 7.10. The van der Waals surface area contributed by atoms with Crippen LogP contribution in [0.15, 0.2) is 18.2 Å². The zero-order valence-corrected chi connectivity index (χ0v) is 14.0. The van der Waals surface area contributed by atoms with Gasteiger partial charge in [-0.3, -0.25) is 9.59 Å². The zero-order chi connectivity index (χ0) is 16.1. The second kappa shape index (κ2) is 8.71. The fourth-order valence-electron chi connectivity index (χ4n) is 2.37. The second-order valence-corrected chi connectivity index (χ2v) is 5.09. The van der Waals surface area contributed by atoms with Crippen LogP contribution in [0, 0.1) is 0 Å². The summed E-state index contributed by atoms with van der Waals surface area (Å²) in [5.41, 5.74) is 6.91. The summed E-state index contributed by atoms with van der Waals surface area (Å²) in [4.78, 5) is 25.5. The maximum Gasteiger partial charge on any atom is 0.243 e. The molecule has 1 aliphatic rings. The van der Waals surface area contributed by atoms with Crippen LogP contribution in [-0.4, -0.2) is 45.2 Å². The maximum absolute atomic E-state index is 11.9. The molecule has 2 amide bonds. The minimum atomic E-state index is -0.746. The van der Waals surface area contributed by atoms with Gasteiger partial charge in [0.05, 0.1) is 19.4 Å². The smallest absolute Gasteiger partial charge is 0.243 e. The first-order chi connectivity index (χ1) is 10.6. The molecule has 1 atom stereocenters. The summed E-state index contributed by atoms with van der Waals surface area (Å²) in [6.07, 6.45) is 1.34. The van der Waals surface area contributed by atoms with Crippen LogP contribution in [0.3, 0.4) is 0 Å². The van der Waals surface area contributed by atoms with Gasteiger partial charge in [-0.2, -0.15) is 0 Å². The molecule has 1 aromatic rings. The van der Waals surface area contributed by atoms with Crippen LogP contribution in [0.2, 0.25) is 0 Å². The second-order valence-electron chi connectivity index (χ2n) is 5.09. The van der Waals surface area contributed by atoms with Gasteiger partial charge in [0.1, 0.15) is 11.8 Å². The Morgan fingerprint density at radius 1 is 1.43 bits per heavy atom. The lowest BCUT2D eigenvalue weighted by molar-refractivity contribution is -0.118. The Morgan fingerprint density at radius 3 is 2.74 bits per heavy atom. The van der Waals surface area contributed by atoms with Crippen molar-refractivity contribution >= 4 is 35.6 Å². The first-order valence-corrected chi connectivity index (χ1v) is 7.10. The van der Waals surface area contributed by atoms with Crippen molar-refractivity contribution in [3.05, 3.63) is 18.2 Å². The molecule has 2 rings (SSSR count). The van der Waals surface area contributed by atoms with E-state index in [0.29, 0.717) is 30.1 Å². The van der Waals surface area contributed by atoms with Crippen molar-refractivity contribution in [2.45, 2.75) is 18.9 Å². The number of halogens is 1. The molecule has 23 heavy (non-hydrogen) atoms. The molecule has 1 fully saturated rings. The normalized spacial score (nSPS) is 15.1. The standard InChI is InChI=1S/C15H21N3O4.ClH/c1-21-9-11(16)15(20)17-10-5-6-13(22-2)12(8-10)18-7-3-4-14(18)19;/h5-6,8,11H,3-4,7,9,16H2,1-2H3,(H,17,20);1H. The highest BCUT2D eigenvalue weighted by Crippen LogP contribution is 2.33. The molecule has 0 saturated carbocycles. The number of nitrogens with two attached hydrogens (primary N) is 1. The Balaban J connectivity index is 0.00000264. The molecule has 8 heteroatoms. The monoisotopic (exact) mass is 343 g/mol. The topological polar surface area (TPSA) is 93.9 Å². The molecule has 0 aromatic heterocycles. The predicted octanol–water partition coefficient (Wildman–Crippen LogP) is 1.16. The number of nitrogens with zero attached hydrogens (tertiary/aromatic N) is 1. The molecule has 1 aliphatic heterocycles. The number of rotatable bonds is 6. The van der Waals surface area contributed by atoms with Crippen LogP contribution in [-0.2, 0) is 14.3 Å². The summed E-state index contributed by atoms with van der Waals surface area (Å²) >= 11 is 0. The maximum atomic E-state index is 11.9. The van der Waals surface area contributed by atoms with Crippen LogP contribution in [0.4, 0.5) is 11.4 Å². The van der Waals surface area contributed by atoms with E-state index < -0.39 is 6.04 Å². The van der Waals surface area contributed by atoms with Gasteiger partial charge in [-0.15, -0.1) is 12.4 Å². The Bertz CT molecular complexity index is 568. The van der Waals surface area contributed by atoms with E-state index in [-0.39, 0.29) is 30.8 Å². The van der Waals surface area contributed by atoms with Crippen LogP contribution >= 0.6 is 12.4 Å². The lowest BCUT2D eigenvalue weighted by Crippen LogP contribution is -2.39. The average molecular weight is 344 g/mol. The van der Waals surface area contributed by atoms with E-state index in [2.05, 4.69) is 5.32 Å². The summed E-state index contributed by atoms with van der Waals surface area (Å²) in [5, 5.41) is 2.72. The predicted molar refractivity (Wildman–Crippen MR) is 90.3 cm³/mol. The highest BCUT2D eigenvalue weighted by atomic mass is 35.5. The van der Waals surface area contributed by atoms with Crippen molar-refractivity contribution < 1.29 is 19.1 Å². The van der Waals surface area contributed by atoms with E-state index in [9.17, 15) is 9.59 Å². The number of hydrogen-bond acceptors (Lipinski definition) is 5. The van der Waals surface area contributed by atoms with Crippen molar-refractivity contribution in [3.63, 3.8) is 0 Å². The van der Waals surface area contributed by atoms with Crippen molar-refractivity contribution in [3.8, 4) is 5.75 Å². The number of ether oxygens (including phenoxy) is 2. The molecule has 128 valence electrons. The highest BCUT2D eigenvalue weighted by molar-refractivity contribution is 5.99. The Labute approximate surface area is 141 Å². The minimum absolute atomic E-state index is 0. The number of benzene rings is 1. The van der Waals surface area contributed by atoms with Gasteiger partial charge in [0.25, 0.3) is 0 Å². The van der Waals surface area contributed by atoms with E-state index in [1.165, 1.54) is 7.11 Å². The number of nitrogens with one attached hydrogen (secondary N) is 1. The molecule has 0 bridgehead atoms. The Kier molecular flexibility index (Phi) is 7.28. The van der Waals surface area contributed by atoms with Crippen molar-refractivity contribution in [1.82, 2.24) is 0 Å². The fraction of sp³-hybridized carbons (Fsp3) is 0.467. The lowest BCUT2D eigenvalue weighted by Gasteiger charge is -2.20. The van der Waals surface area contributed by atoms with Gasteiger partial charge >= 0.3 is 0 Å². The van der Waals surface area contributed by atoms with Crippen molar-refractivity contribution in [2.24, 2.45) is 5.73 Å². The molecule has 7 nitrogen and oxygen atoms in total. The van der Waals surface area contributed by atoms with Gasteiger partial charge in [0.15, 0.2) is 0 Å². The van der Waals surface area contributed by atoms with E-state index in [0.717, 1.165) is 6.42 Å². The number of hydrogen-bond donors (Lipinski definition) is 2. The summed E-state index contributed by atoms with van der Waals surface area (Å²) in [7, 11) is 3.03. The third kappa shape index (κ3) is 4.57. The molecule has 0 spiro atoms. The van der Waals surface area contributed by atoms with E-state index in [1.54, 1.807) is 30.2 Å². The number of methoxy groups -OCH3 is 2. The molecule has 0 radical (unpaired) electrons. The molecule has 0 aliphatic carbocycles. The molecule has 1 saturated heterocycles. The first kappa shape index (κ1) is 19.2. The molecule has 1 unspecified atom stereocenters. The highest BCUT2D eigenvalue weighted by Gasteiger charge is 2.25.